The number of nitrogens with one attached hydrogen (secondary N) is 1. The van der Waals surface area contributed by atoms with Gasteiger partial charge in [-0.25, -0.2) is 4.98 Å². The number of rotatable bonds is 8. The van der Waals surface area contributed by atoms with Crippen LogP contribution in [0.4, 0.5) is 0 Å². The minimum Gasteiger partial charge on any atom is -0.481 e. The molecule has 1 heterocycles. The molecule has 5 nitrogen and oxygen atoms in total. The molecule has 1 atom stereocenters. The number of esters is 1. The molecule has 0 aliphatic heterocycles. The van der Waals surface area contributed by atoms with E-state index >= 15 is 0 Å². The molecule has 0 aliphatic carbocycles. The summed E-state index contributed by atoms with van der Waals surface area (Å²) in [6, 6.07) is 3.49. The molecule has 1 N–H and O–H groups in total. The summed E-state index contributed by atoms with van der Waals surface area (Å²) >= 11 is 0. The van der Waals surface area contributed by atoms with Crippen LogP contribution in [0.1, 0.15) is 31.7 Å². The zero-order valence-electron chi connectivity index (χ0n) is 11.8. The van der Waals surface area contributed by atoms with E-state index in [1.54, 1.807) is 13.3 Å². The molecule has 19 heavy (non-hydrogen) atoms. The van der Waals surface area contributed by atoms with Crippen LogP contribution >= 0.6 is 0 Å². The number of hydrogen-bond acceptors (Lipinski definition) is 5. The summed E-state index contributed by atoms with van der Waals surface area (Å²) in [5.41, 5.74) is 0.926. The minimum absolute atomic E-state index is 0.226. The largest absolute Gasteiger partial charge is 0.481 e. The highest BCUT2D eigenvalue weighted by Crippen LogP contribution is 2.14. The Morgan fingerprint density at radius 3 is 2.89 bits per heavy atom. The molecule has 106 valence electrons. The Morgan fingerprint density at radius 2 is 2.26 bits per heavy atom. The number of carbonyl (C=O) groups is 1. The minimum atomic E-state index is -0.283. The molecule has 0 bridgehead atoms. The predicted molar refractivity (Wildman–Crippen MR) is 73.0 cm³/mol. The highest BCUT2D eigenvalue weighted by Gasteiger charge is 2.18. The zero-order chi connectivity index (χ0) is 14.1. The van der Waals surface area contributed by atoms with Crippen LogP contribution in [0, 0.1) is 0 Å². The highest BCUT2D eigenvalue weighted by atomic mass is 16.5. The summed E-state index contributed by atoms with van der Waals surface area (Å²) < 4.78 is 9.98. The Kier molecular flexibility index (Phi) is 6.89. The van der Waals surface area contributed by atoms with Gasteiger partial charge in [-0.1, -0.05) is 25.8 Å². The molecular weight excluding hydrogens is 244 g/mol. The lowest BCUT2D eigenvalue weighted by Gasteiger charge is -2.16. The molecule has 0 radical (unpaired) electrons. The van der Waals surface area contributed by atoms with E-state index in [4.69, 9.17) is 9.47 Å². The van der Waals surface area contributed by atoms with Gasteiger partial charge in [0.1, 0.15) is 6.04 Å². The Morgan fingerprint density at radius 1 is 1.47 bits per heavy atom. The quantitative estimate of drug-likeness (QED) is 0.728. The van der Waals surface area contributed by atoms with Crippen molar-refractivity contribution in [2.45, 2.75) is 38.8 Å². The molecule has 5 heteroatoms. The van der Waals surface area contributed by atoms with Gasteiger partial charge in [-0.05, 0) is 12.5 Å². The molecule has 0 fully saturated rings. The van der Waals surface area contributed by atoms with Gasteiger partial charge in [0.05, 0.1) is 14.2 Å². The van der Waals surface area contributed by atoms with Gasteiger partial charge >= 0.3 is 5.97 Å². The second-order valence-electron chi connectivity index (χ2n) is 4.27. The molecule has 1 unspecified atom stereocenters. The summed E-state index contributed by atoms with van der Waals surface area (Å²) in [6.45, 7) is 2.62. The number of methoxy groups -OCH3 is 2. The number of nitrogens with zero attached hydrogens (tertiary/aromatic N) is 1. The van der Waals surface area contributed by atoms with Crippen molar-refractivity contribution < 1.29 is 14.3 Å². The van der Waals surface area contributed by atoms with Crippen molar-refractivity contribution >= 4 is 5.97 Å². The fourth-order valence-electron chi connectivity index (χ4n) is 1.83. The molecule has 0 saturated carbocycles. The van der Waals surface area contributed by atoms with Crippen molar-refractivity contribution in [2.24, 2.45) is 0 Å². The van der Waals surface area contributed by atoms with E-state index in [9.17, 15) is 4.79 Å². The van der Waals surface area contributed by atoms with E-state index in [0.29, 0.717) is 12.4 Å². The van der Waals surface area contributed by atoms with Gasteiger partial charge < -0.3 is 14.8 Å². The van der Waals surface area contributed by atoms with Crippen LogP contribution in [0.25, 0.3) is 0 Å². The van der Waals surface area contributed by atoms with Crippen LogP contribution in [0.3, 0.4) is 0 Å². The second kappa shape index (κ2) is 8.48. The fourth-order valence-corrected chi connectivity index (χ4v) is 1.83. The van der Waals surface area contributed by atoms with Crippen molar-refractivity contribution in [3.63, 3.8) is 0 Å². The zero-order valence-corrected chi connectivity index (χ0v) is 11.8. The lowest BCUT2D eigenvalue weighted by Crippen LogP contribution is -2.37. The van der Waals surface area contributed by atoms with Crippen molar-refractivity contribution in [3.8, 4) is 5.88 Å². The topological polar surface area (TPSA) is 60.5 Å². The van der Waals surface area contributed by atoms with Crippen LogP contribution in [-0.2, 0) is 16.1 Å². The Balaban J connectivity index is 2.62. The average Bonchev–Trinajstić information content (AvgIpc) is 2.47. The van der Waals surface area contributed by atoms with Gasteiger partial charge in [-0.15, -0.1) is 0 Å². The maximum atomic E-state index is 11.7. The smallest absolute Gasteiger partial charge is 0.322 e. The highest BCUT2D eigenvalue weighted by molar-refractivity contribution is 5.75. The molecular formula is C14H22N2O3. The van der Waals surface area contributed by atoms with E-state index in [0.717, 1.165) is 24.8 Å². The first-order chi connectivity index (χ1) is 9.22. The van der Waals surface area contributed by atoms with Gasteiger partial charge in [0, 0.05) is 18.3 Å². The van der Waals surface area contributed by atoms with E-state index in [1.165, 1.54) is 7.11 Å². The SMILES string of the molecule is CCCCC(NCc1cccnc1OC)C(=O)OC. The van der Waals surface area contributed by atoms with Crippen molar-refractivity contribution in [3.05, 3.63) is 23.9 Å². The van der Waals surface area contributed by atoms with Crippen LogP contribution < -0.4 is 10.1 Å². The van der Waals surface area contributed by atoms with Crippen molar-refractivity contribution in [2.75, 3.05) is 14.2 Å². The summed E-state index contributed by atoms with van der Waals surface area (Å²) in [7, 11) is 2.99. The van der Waals surface area contributed by atoms with E-state index in [1.807, 2.05) is 12.1 Å². The normalized spacial score (nSPS) is 11.9. The monoisotopic (exact) mass is 266 g/mol. The van der Waals surface area contributed by atoms with Gasteiger partial charge in [-0.2, -0.15) is 0 Å². The predicted octanol–water partition coefficient (Wildman–Crippen LogP) is 1.91. The molecule has 0 spiro atoms. The van der Waals surface area contributed by atoms with Gasteiger partial charge in [-0.3, -0.25) is 4.79 Å². The van der Waals surface area contributed by atoms with Gasteiger partial charge in [0.2, 0.25) is 5.88 Å². The molecule has 1 aromatic heterocycles. The Bertz CT molecular complexity index is 396. The molecule has 1 aromatic rings. The lowest BCUT2D eigenvalue weighted by molar-refractivity contribution is -0.143. The third-order valence-corrected chi connectivity index (χ3v) is 2.91. The molecule has 0 aliphatic rings. The maximum absolute atomic E-state index is 11.7. The van der Waals surface area contributed by atoms with Crippen LogP contribution in [0.15, 0.2) is 18.3 Å². The van der Waals surface area contributed by atoms with Gasteiger partial charge in [0.15, 0.2) is 0 Å². The second-order valence-corrected chi connectivity index (χ2v) is 4.27. The first-order valence-corrected chi connectivity index (χ1v) is 6.52. The third kappa shape index (κ3) is 4.87. The summed E-state index contributed by atoms with van der Waals surface area (Å²) in [5, 5.41) is 3.20. The Hall–Kier alpha value is -1.62. The third-order valence-electron chi connectivity index (χ3n) is 2.91. The van der Waals surface area contributed by atoms with Crippen molar-refractivity contribution in [1.82, 2.24) is 10.3 Å². The lowest BCUT2D eigenvalue weighted by atomic mass is 10.1. The van der Waals surface area contributed by atoms with Crippen LogP contribution in [-0.4, -0.2) is 31.2 Å². The molecule has 0 amide bonds. The summed E-state index contributed by atoms with van der Waals surface area (Å²) in [6.07, 6.45) is 4.48. The number of aromatic nitrogens is 1. The number of ether oxygens (including phenoxy) is 2. The number of pyridine rings is 1. The van der Waals surface area contributed by atoms with E-state index < -0.39 is 0 Å². The molecule has 0 saturated heterocycles. The first kappa shape index (κ1) is 15.4. The number of unbranched alkanes of at least 4 members (excludes halogenated alkanes) is 1. The van der Waals surface area contributed by atoms with E-state index in [-0.39, 0.29) is 12.0 Å². The molecule has 1 rings (SSSR count). The van der Waals surface area contributed by atoms with Crippen molar-refractivity contribution in [1.29, 1.82) is 0 Å². The standard InChI is InChI=1S/C14H22N2O3/c1-4-5-8-12(14(17)19-3)16-10-11-7-6-9-15-13(11)18-2/h6-7,9,12,16H,4-5,8,10H2,1-3H3. The first-order valence-electron chi connectivity index (χ1n) is 6.52. The average molecular weight is 266 g/mol. The Labute approximate surface area is 114 Å². The molecule has 0 aromatic carbocycles. The number of hydrogen-bond donors (Lipinski definition) is 1. The fraction of sp³-hybridized carbons (Fsp3) is 0.571. The van der Waals surface area contributed by atoms with E-state index in [2.05, 4.69) is 17.2 Å². The summed E-state index contributed by atoms with van der Waals surface area (Å²) in [4.78, 5) is 15.8. The van der Waals surface area contributed by atoms with Gasteiger partial charge in [0.25, 0.3) is 0 Å². The summed E-state index contributed by atoms with van der Waals surface area (Å²) in [5.74, 6) is 0.352. The maximum Gasteiger partial charge on any atom is 0.322 e. The van der Waals surface area contributed by atoms with Crippen LogP contribution in [0.5, 0.6) is 5.88 Å². The van der Waals surface area contributed by atoms with Crippen LogP contribution in [0.2, 0.25) is 0 Å². The number of carbonyl (C=O) groups excluding carboxylic acids is 1.